The smallest absolute Gasteiger partial charge is 0.351 e. The van der Waals surface area contributed by atoms with Crippen molar-refractivity contribution in [2.45, 2.75) is 31.5 Å². The van der Waals surface area contributed by atoms with Crippen molar-refractivity contribution >= 4 is 11.0 Å². The Labute approximate surface area is 120 Å². The molecule has 1 aliphatic heterocycles. The van der Waals surface area contributed by atoms with Crippen molar-refractivity contribution in [2.24, 2.45) is 0 Å². The number of pyridine rings is 1. The highest BCUT2D eigenvalue weighted by Crippen LogP contribution is 2.28. The highest BCUT2D eigenvalue weighted by molar-refractivity contribution is 5.72. The largest absolute Gasteiger partial charge is 0.388 e. The zero-order valence-electron chi connectivity index (χ0n) is 11.2. The van der Waals surface area contributed by atoms with Gasteiger partial charge in [0.05, 0.1) is 11.5 Å². The number of hydrogen-bond donors (Lipinski definition) is 3. The molecule has 0 bridgehead atoms. The quantitative estimate of drug-likeness (QED) is 0.581. The van der Waals surface area contributed by atoms with Crippen molar-refractivity contribution < 1.29 is 23.7 Å². The zero-order valence-corrected chi connectivity index (χ0v) is 11.2. The van der Waals surface area contributed by atoms with Gasteiger partial charge in [0.1, 0.15) is 12.2 Å². The van der Waals surface area contributed by atoms with Crippen molar-refractivity contribution in [2.75, 3.05) is 0 Å². The molecule has 0 aromatic carbocycles. The fraction of sp³-hybridized carbons (Fsp3) is 0.417. The number of nitrogens with zero attached hydrogens (tertiary/aromatic N) is 2. The highest BCUT2D eigenvalue weighted by Gasteiger charge is 2.42. The van der Waals surface area contributed by atoms with Crippen LogP contribution in [-0.2, 0) is 4.74 Å². The van der Waals surface area contributed by atoms with E-state index in [4.69, 9.17) is 4.74 Å². The molecule has 3 heterocycles. The van der Waals surface area contributed by atoms with Gasteiger partial charge >= 0.3 is 5.69 Å². The number of aliphatic hydroxyl groups excluding tert-OH is 2. The van der Waals surface area contributed by atoms with E-state index in [-0.39, 0.29) is 5.39 Å². The Morgan fingerprint density at radius 1 is 1.32 bits per heavy atom. The molecule has 1 fully saturated rings. The van der Waals surface area contributed by atoms with Crippen molar-refractivity contribution in [3.63, 3.8) is 0 Å². The number of aromatic amines is 1. The standard InChI is InChI=1S/C12H11F2N3O5/c1-3-6(18)8(20)11(22-3)17-2-4-7(19)5(13)9(14)15-10(4)16-12(17)21/h2-3,6,8,11,18,20H,1H3,(H,15,16,21)/t3-,6?,8+,11-/m1/s1. The zero-order chi connectivity index (χ0) is 16.2. The number of H-pyrrole nitrogens is 1. The van der Waals surface area contributed by atoms with Crippen LogP contribution in [0, 0.1) is 11.8 Å². The Hall–Kier alpha value is -2.17. The third-order valence-electron chi connectivity index (χ3n) is 3.57. The summed E-state index contributed by atoms with van der Waals surface area (Å²) in [6.45, 7) is 1.48. The molecule has 4 atom stereocenters. The lowest BCUT2D eigenvalue weighted by Gasteiger charge is -2.17. The second-order valence-corrected chi connectivity index (χ2v) is 4.99. The maximum atomic E-state index is 13.3. The van der Waals surface area contributed by atoms with Gasteiger partial charge in [0, 0.05) is 6.20 Å². The molecule has 2 aromatic rings. The average Bonchev–Trinajstić information content (AvgIpc) is 2.72. The van der Waals surface area contributed by atoms with Crippen LogP contribution >= 0.6 is 0 Å². The number of aliphatic hydroxyl groups is 2. The number of aromatic nitrogens is 3. The Morgan fingerprint density at radius 2 is 2.00 bits per heavy atom. The van der Waals surface area contributed by atoms with E-state index in [9.17, 15) is 28.6 Å². The third-order valence-corrected chi connectivity index (χ3v) is 3.57. The topological polar surface area (TPSA) is 117 Å². The van der Waals surface area contributed by atoms with Crippen LogP contribution in [0.15, 0.2) is 15.8 Å². The SMILES string of the molecule is C[C@H]1O[C@@H](n2cc3c(=O)c(F)c(F)[nH]c3nc2=O)[C@@H](O)C1O. The van der Waals surface area contributed by atoms with Gasteiger partial charge in [-0.25, -0.2) is 4.79 Å². The van der Waals surface area contributed by atoms with Crippen LogP contribution in [0.2, 0.25) is 0 Å². The Bertz CT molecular complexity index is 864. The van der Waals surface area contributed by atoms with Crippen LogP contribution in [0.3, 0.4) is 0 Å². The molecular weight excluding hydrogens is 304 g/mol. The van der Waals surface area contributed by atoms with Gasteiger partial charge in [0.2, 0.25) is 17.2 Å². The van der Waals surface area contributed by atoms with Crippen LogP contribution < -0.4 is 11.1 Å². The molecule has 22 heavy (non-hydrogen) atoms. The molecule has 1 unspecified atom stereocenters. The van der Waals surface area contributed by atoms with Crippen LogP contribution in [0.1, 0.15) is 13.2 Å². The van der Waals surface area contributed by atoms with Crippen molar-refractivity contribution in [1.29, 1.82) is 0 Å². The van der Waals surface area contributed by atoms with Gasteiger partial charge in [-0.05, 0) is 6.92 Å². The predicted octanol–water partition coefficient (Wildman–Crippen LogP) is -0.998. The van der Waals surface area contributed by atoms with E-state index in [1.165, 1.54) is 6.92 Å². The summed E-state index contributed by atoms with van der Waals surface area (Å²) in [5, 5.41) is 19.1. The Balaban J connectivity index is 2.22. The van der Waals surface area contributed by atoms with Gasteiger partial charge in [-0.3, -0.25) is 9.36 Å². The first-order valence-electron chi connectivity index (χ1n) is 6.33. The minimum Gasteiger partial charge on any atom is -0.388 e. The summed E-state index contributed by atoms with van der Waals surface area (Å²) in [6, 6.07) is 0. The van der Waals surface area contributed by atoms with Crippen LogP contribution in [0.5, 0.6) is 0 Å². The fourth-order valence-corrected chi connectivity index (χ4v) is 2.35. The van der Waals surface area contributed by atoms with Crippen molar-refractivity contribution in [1.82, 2.24) is 14.5 Å². The molecule has 10 heteroatoms. The first-order valence-corrected chi connectivity index (χ1v) is 6.33. The number of rotatable bonds is 1. The summed E-state index contributed by atoms with van der Waals surface area (Å²) in [5.41, 5.74) is -2.67. The molecular formula is C12H11F2N3O5. The Kier molecular flexibility index (Phi) is 3.31. The first-order chi connectivity index (χ1) is 10.3. The van der Waals surface area contributed by atoms with Crippen molar-refractivity contribution in [3.8, 4) is 0 Å². The maximum absolute atomic E-state index is 13.3. The molecule has 1 aliphatic rings. The fourth-order valence-electron chi connectivity index (χ4n) is 2.35. The monoisotopic (exact) mass is 315 g/mol. The minimum atomic E-state index is -1.64. The number of ether oxygens (including phenoxy) is 1. The normalized spacial score (nSPS) is 28.4. The van der Waals surface area contributed by atoms with E-state index < -0.39 is 53.1 Å². The Morgan fingerprint density at radius 3 is 2.59 bits per heavy atom. The van der Waals surface area contributed by atoms with Gasteiger partial charge in [-0.1, -0.05) is 0 Å². The molecule has 1 saturated heterocycles. The minimum absolute atomic E-state index is 0.386. The van der Waals surface area contributed by atoms with E-state index >= 15 is 0 Å². The lowest BCUT2D eigenvalue weighted by atomic mass is 10.1. The van der Waals surface area contributed by atoms with E-state index in [0.29, 0.717) is 0 Å². The first kappa shape index (κ1) is 14.8. The summed E-state index contributed by atoms with van der Waals surface area (Å²) in [7, 11) is 0. The lowest BCUT2D eigenvalue weighted by Crippen LogP contribution is -2.36. The van der Waals surface area contributed by atoms with Crippen molar-refractivity contribution in [3.05, 3.63) is 38.7 Å². The summed E-state index contributed by atoms with van der Waals surface area (Å²) in [5.74, 6) is -3.16. The summed E-state index contributed by atoms with van der Waals surface area (Å²) in [6.07, 6.45) is -3.81. The number of fused-ring (bicyclic) bond motifs is 1. The summed E-state index contributed by atoms with van der Waals surface area (Å²) >= 11 is 0. The molecule has 0 spiro atoms. The molecule has 0 amide bonds. The molecule has 118 valence electrons. The van der Waals surface area contributed by atoms with Gasteiger partial charge in [0.25, 0.3) is 0 Å². The van der Waals surface area contributed by atoms with Gasteiger partial charge in [-0.2, -0.15) is 13.8 Å². The van der Waals surface area contributed by atoms with Crippen LogP contribution in [-0.4, -0.2) is 43.1 Å². The molecule has 0 radical (unpaired) electrons. The molecule has 3 N–H and O–H groups in total. The number of hydrogen-bond acceptors (Lipinski definition) is 6. The van der Waals surface area contributed by atoms with E-state index in [1.54, 1.807) is 0 Å². The van der Waals surface area contributed by atoms with Crippen LogP contribution in [0.4, 0.5) is 8.78 Å². The average molecular weight is 315 g/mol. The number of halogens is 2. The molecule has 8 nitrogen and oxygen atoms in total. The van der Waals surface area contributed by atoms with Crippen LogP contribution in [0.25, 0.3) is 11.0 Å². The molecule has 2 aromatic heterocycles. The van der Waals surface area contributed by atoms with Gasteiger partial charge in [-0.15, -0.1) is 0 Å². The summed E-state index contributed by atoms with van der Waals surface area (Å²) in [4.78, 5) is 28.9. The summed E-state index contributed by atoms with van der Waals surface area (Å²) < 4.78 is 32.4. The predicted molar refractivity (Wildman–Crippen MR) is 68.1 cm³/mol. The maximum Gasteiger partial charge on any atom is 0.351 e. The second kappa shape index (κ2) is 4.93. The molecule has 0 aliphatic carbocycles. The van der Waals surface area contributed by atoms with Gasteiger partial charge in [0.15, 0.2) is 11.9 Å². The van der Waals surface area contributed by atoms with E-state index in [2.05, 4.69) is 4.98 Å². The van der Waals surface area contributed by atoms with Gasteiger partial charge < -0.3 is 19.9 Å². The third kappa shape index (κ3) is 2.03. The molecule has 3 rings (SSSR count). The number of nitrogens with one attached hydrogen (secondary N) is 1. The molecule has 0 saturated carbocycles. The lowest BCUT2D eigenvalue weighted by molar-refractivity contribution is -0.0347. The van der Waals surface area contributed by atoms with E-state index in [0.717, 1.165) is 10.8 Å². The second-order valence-electron chi connectivity index (χ2n) is 4.99. The van der Waals surface area contributed by atoms with E-state index in [1.807, 2.05) is 4.98 Å². The highest BCUT2D eigenvalue weighted by atomic mass is 19.2.